The van der Waals surface area contributed by atoms with Crippen molar-refractivity contribution >= 4 is 11.8 Å². The highest BCUT2D eigenvalue weighted by Crippen LogP contribution is 2.22. The van der Waals surface area contributed by atoms with Gasteiger partial charge in [-0.3, -0.25) is 9.59 Å². The molecule has 0 aliphatic carbocycles. The molecule has 2 aromatic rings. The van der Waals surface area contributed by atoms with Crippen molar-refractivity contribution < 1.29 is 18.7 Å². The first-order valence-corrected chi connectivity index (χ1v) is 7.89. The van der Waals surface area contributed by atoms with Crippen LogP contribution >= 0.6 is 0 Å². The van der Waals surface area contributed by atoms with E-state index in [1.165, 1.54) is 20.1 Å². The Morgan fingerprint density at radius 3 is 2.40 bits per heavy atom. The molecule has 0 aliphatic rings. The standard InChI is InChI=1S/C19H21FN2O3/c1-13(23)22-18(12-25-2)19(24)21-11-14-7-9-15(10-8-14)16-5-3-4-6-17(16)20/h3-10,18H,11-12H2,1-2H3,(H,21,24)(H,22,23). The van der Waals surface area contributed by atoms with E-state index >= 15 is 0 Å². The van der Waals surface area contributed by atoms with Gasteiger partial charge in [0.25, 0.3) is 0 Å². The fraction of sp³-hybridized carbons (Fsp3) is 0.263. The Morgan fingerprint density at radius 2 is 1.80 bits per heavy atom. The average molecular weight is 344 g/mol. The molecule has 0 bridgehead atoms. The number of halogens is 1. The number of amides is 2. The molecule has 1 atom stereocenters. The van der Waals surface area contributed by atoms with Gasteiger partial charge < -0.3 is 15.4 Å². The van der Waals surface area contributed by atoms with Crippen LogP contribution in [0.15, 0.2) is 48.5 Å². The lowest BCUT2D eigenvalue weighted by atomic mass is 10.0. The molecule has 2 aromatic carbocycles. The summed E-state index contributed by atoms with van der Waals surface area (Å²) < 4.78 is 18.7. The number of methoxy groups -OCH3 is 1. The molecule has 0 aliphatic heterocycles. The van der Waals surface area contributed by atoms with E-state index < -0.39 is 6.04 Å². The van der Waals surface area contributed by atoms with Crippen molar-refractivity contribution in [2.45, 2.75) is 19.5 Å². The van der Waals surface area contributed by atoms with E-state index in [1.807, 2.05) is 12.1 Å². The van der Waals surface area contributed by atoms with E-state index in [0.29, 0.717) is 12.1 Å². The molecular formula is C19H21FN2O3. The number of ether oxygens (including phenoxy) is 1. The maximum absolute atomic E-state index is 13.8. The summed E-state index contributed by atoms with van der Waals surface area (Å²) in [6.45, 7) is 1.74. The molecule has 0 saturated heterocycles. The summed E-state index contributed by atoms with van der Waals surface area (Å²) in [5.74, 6) is -0.900. The van der Waals surface area contributed by atoms with Crippen LogP contribution in [0.1, 0.15) is 12.5 Å². The van der Waals surface area contributed by atoms with E-state index in [2.05, 4.69) is 10.6 Å². The first-order chi connectivity index (χ1) is 12.0. The number of nitrogens with one attached hydrogen (secondary N) is 2. The van der Waals surface area contributed by atoms with E-state index in [0.717, 1.165) is 11.1 Å². The number of carbonyl (C=O) groups is 2. The molecule has 2 rings (SSSR count). The molecular weight excluding hydrogens is 323 g/mol. The van der Waals surface area contributed by atoms with Crippen molar-refractivity contribution in [3.05, 3.63) is 59.9 Å². The monoisotopic (exact) mass is 344 g/mol. The summed E-state index contributed by atoms with van der Waals surface area (Å²) in [5.41, 5.74) is 2.17. The molecule has 0 saturated carbocycles. The topological polar surface area (TPSA) is 67.4 Å². The van der Waals surface area contributed by atoms with Gasteiger partial charge >= 0.3 is 0 Å². The van der Waals surface area contributed by atoms with E-state index in [4.69, 9.17) is 4.74 Å². The number of carbonyl (C=O) groups excluding carboxylic acids is 2. The second-order valence-corrected chi connectivity index (χ2v) is 5.60. The van der Waals surface area contributed by atoms with E-state index in [-0.39, 0.29) is 24.2 Å². The maximum atomic E-state index is 13.8. The fourth-order valence-electron chi connectivity index (χ4n) is 2.40. The second kappa shape index (κ2) is 8.94. The predicted octanol–water partition coefficient (Wildman–Crippen LogP) is 2.26. The van der Waals surface area contributed by atoms with Crippen LogP contribution in [0.4, 0.5) is 4.39 Å². The Balaban J connectivity index is 1.98. The molecule has 2 N–H and O–H groups in total. The predicted molar refractivity (Wildman–Crippen MR) is 93.2 cm³/mol. The second-order valence-electron chi connectivity index (χ2n) is 5.60. The summed E-state index contributed by atoms with van der Waals surface area (Å²) in [6.07, 6.45) is 0. The molecule has 0 fully saturated rings. The van der Waals surface area contributed by atoms with Crippen LogP contribution < -0.4 is 10.6 Å². The SMILES string of the molecule is COCC(NC(C)=O)C(=O)NCc1ccc(-c2ccccc2F)cc1. The van der Waals surface area contributed by atoms with Crippen molar-refractivity contribution in [2.75, 3.05) is 13.7 Å². The lowest BCUT2D eigenvalue weighted by molar-refractivity contribution is -0.129. The summed E-state index contributed by atoms with van der Waals surface area (Å²) in [5, 5.41) is 5.29. The van der Waals surface area contributed by atoms with Crippen molar-refractivity contribution in [3.8, 4) is 11.1 Å². The van der Waals surface area contributed by atoms with Gasteiger partial charge in [0, 0.05) is 26.1 Å². The van der Waals surface area contributed by atoms with Gasteiger partial charge in [-0.05, 0) is 17.2 Å². The van der Waals surface area contributed by atoms with Crippen molar-refractivity contribution in [2.24, 2.45) is 0 Å². The Bertz CT molecular complexity index is 732. The van der Waals surface area contributed by atoms with Crippen LogP contribution in [-0.2, 0) is 20.9 Å². The van der Waals surface area contributed by atoms with E-state index in [1.54, 1.807) is 30.3 Å². The molecule has 5 nitrogen and oxygen atoms in total. The highest BCUT2D eigenvalue weighted by Gasteiger charge is 2.18. The zero-order chi connectivity index (χ0) is 18.2. The minimum Gasteiger partial charge on any atom is -0.382 e. The van der Waals surface area contributed by atoms with Crippen LogP contribution in [0.25, 0.3) is 11.1 Å². The fourth-order valence-corrected chi connectivity index (χ4v) is 2.40. The molecule has 132 valence electrons. The maximum Gasteiger partial charge on any atom is 0.245 e. The quantitative estimate of drug-likeness (QED) is 0.810. The highest BCUT2D eigenvalue weighted by atomic mass is 19.1. The lowest BCUT2D eigenvalue weighted by Gasteiger charge is -2.16. The van der Waals surface area contributed by atoms with Crippen LogP contribution in [0.5, 0.6) is 0 Å². The van der Waals surface area contributed by atoms with Gasteiger partial charge in [0.2, 0.25) is 11.8 Å². The van der Waals surface area contributed by atoms with Crippen molar-refractivity contribution in [1.29, 1.82) is 0 Å². The number of benzene rings is 2. The molecule has 0 radical (unpaired) electrons. The normalized spacial score (nSPS) is 11.6. The highest BCUT2D eigenvalue weighted by molar-refractivity contribution is 5.86. The van der Waals surface area contributed by atoms with Gasteiger partial charge in [-0.2, -0.15) is 0 Å². The summed E-state index contributed by atoms with van der Waals surface area (Å²) in [7, 11) is 1.46. The van der Waals surface area contributed by atoms with Crippen molar-refractivity contribution in [1.82, 2.24) is 10.6 Å². The molecule has 2 amide bonds. The Hall–Kier alpha value is -2.73. The smallest absolute Gasteiger partial charge is 0.245 e. The van der Waals surface area contributed by atoms with Crippen LogP contribution in [0.2, 0.25) is 0 Å². The lowest BCUT2D eigenvalue weighted by Crippen LogP contribution is -2.48. The largest absolute Gasteiger partial charge is 0.382 e. The minimum atomic E-state index is -0.736. The average Bonchev–Trinajstić information content (AvgIpc) is 2.60. The van der Waals surface area contributed by atoms with Crippen LogP contribution in [0, 0.1) is 5.82 Å². The van der Waals surface area contributed by atoms with Crippen LogP contribution in [0.3, 0.4) is 0 Å². The molecule has 25 heavy (non-hydrogen) atoms. The zero-order valence-electron chi connectivity index (χ0n) is 14.2. The first-order valence-electron chi connectivity index (χ1n) is 7.89. The van der Waals surface area contributed by atoms with Gasteiger partial charge in [0.05, 0.1) is 6.61 Å². The van der Waals surface area contributed by atoms with Gasteiger partial charge in [-0.1, -0.05) is 42.5 Å². The minimum absolute atomic E-state index is 0.0949. The molecule has 0 spiro atoms. The third-order valence-electron chi connectivity index (χ3n) is 3.63. The van der Waals surface area contributed by atoms with Crippen LogP contribution in [-0.4, -0.2) is 31.6 Å². The summed E-state index contributed by atoms with van der Waals surface area (Å²) in [4.78, 5) is 23.2. The number of rotatable bonds is 7. The number of hydrogen-bond donors (Lipinski definition) is 2. The zero-order valence-corrected chi connectivity index (χ0v) is 14.2. The van der Waals surface area contributed by atoms with Gasteiger partial charge in [0.1, 0.15) is 11.9 Å². The third kappa shape index (κ3) is 5.39. The number of hydrogen-bond acceptors (Lipinski definition) is 3. The molecule has 1 unspecified atom stereocenters. The van der Waals surface area contributed by atoms with Crippen molar-refractivity contribution in [3.63, 3.8) is 0 Å². The van der Waals surface area contributed by atoms with Gasteiger partial charge in [0.15, 0.2) is 0 Å². The first kappa shape index (κ1) is 18.6. The summed E-state index contributed by atoms with van der Waals surface area (Å²) in [6, 6.07) is 13.1. The van der Waals surface area contributed by atoms with E-state index in [9.17, 15) is 14.0 Å². The van der Waals surface area contributed by atoms with Gasteiger partial charge in [-0.25, -0.2) is 4.39 Å². The Labute approximate surface area is 146 Å². The summed E-state index contributed by atoms with van der Waals surface area (Å²) >= 11 is 0. The van der Waals surface area contributed by atoms with Gasteiger partial charge in [-0.15, -0.1) is 0 Å². The Morgan fingerprint density at radius 1 is 1.12 bits per heavy atom. The Kier molecular flexibility index (Phi) is 6.65. The molecule has 0 aromatic heterocycles. The third-order valence-corrected chi connectivity index (χ3v) is 3.63. The molecule has 6 heteroatoms. The molecule has 0 heterocycles.